The minimum atomic E-state index is -0.612. The van der Waals surface area contributed by atoms with Crippen LogP contribution in [0.25, 0.3) is 11.3 Å². The van der Waals surface area contributed by atoms with Gasteiger partial charge in [-0.3, -0.25) is 4.98 Å². The van der Waals surface area contributed by atoms with E-state index in [2.05, 4.69) is 32.0 Å². The molecule has 0 unspecified atom stereocenters. The van der Waals surface area contributed by atoms with Crippen molar-refractivity contribution in [3.63, 3.8) is 0 Å². The van der Waals surface area contributed by atoms with Crippen LogP contribution >= 0.6 is 0 Å². The average molecular weight is 411 g/mol. The van der Waals surface area contributed by atoms with Gasteiger partial charge < -0.3 is 9.47 Å². The third-order valence-electron chi connectivity index (χ3n) is 5.39. The van der Waals surface area contributed by atoms with Crippen LogP contribution in [0, 0.1) is 25.5 Å². The first-order valence-electron chi connectivity index (χ1n) is 10.1. The number of hydrogen-bond donors (Lipinski definition) is 0. The van der Waals surface area contributed by atoms with Crippen LogP contribution in [-0.2, 0) is 19.4 Å². The van der Waals surface area contributed by atoms with Crippen molar-refractivity contribution in [1.82, 2.24) is 4.98 Å². The van der Waals surface area contributed by atoms with Gasteiger partial charge in [-0.1, -0.05) is 32.0 Å². The van der Waals surface area contributed by atoms with E-state index in [1.807, 2.05) is 13.8 Å². The average Bonchev–Trinajstić information content (AvgIpc) is 2.75. The molecule has 3 rings (SSSR count). The van der Waals surface area contributed by atoms with E-state index >= 15 is 0 Å². The molecule has 0 N–H and O–H groups in total. The molecule has 3 nitrogen and oxygen atoms in total. The molecule has 5 heteroatoms. The van der Waals surface area contributed by atoms with Crippen molar-refractivity contribution in [3.05, 3.63) is 76.0 Å². The van der Waals surface area contributed by atoms with Crippen molar-refractivity contribution >= 4 is 0 Å². The maximum absolute atomic E-state index is 13.9. The summed E-state index contributed by atoms with van der Waals surface area (Å²) in [7, 11) is 1.60. The van der Waals surface area contributed by atoms with Gasteiger partial charge in [-0.05, 0) is 49.9 Å². The van der Waals surface area contributed by atoms with E-state index < -0.39 is 11.6 Å². The van der Waals surface area contributed by atoms with E-state index in [0.29, 0.717) is 5.75 Å². The zero-order valence-electron chi connectivity index (χ0n) is 18.1. The lowest BCUT2D eigenvalue weighted by molar-refractivity contribution is 0.279. The van der Waals surface area contributed by atoms with Gasteiger partial charge >= 0.3 is 0 Å². The van der Waals surface area contributed by atoms with Gasteiger partial charge in [0.05, 0.1) is 18.4 Å². The lowest BCUT2D eigenvalue weighted by atomic mass is 9.91. The second-order valence-electron chi connectivity index (χ2n) is 7.20. The number of hydrogen-bond acceptors (Lipinski definition) is 3. The number of aryl methyl sites for hydroxylation is 3. The highest BCUT2D eigenvalue weighted by Gasteiger charge is 2.21. The molecule has 0 amide bonds. The topological polar surface area (TPSA) is 31.4 Å². The number of halogens is 2. The number of ether oxygens (including phenoxy) is 2. The molecule has 0 aliphatic rings. The fourth-order valence-corrected chi connectivity index (χ4v) is 3.79. The standard InChI is InChI=1S/C25H27F2NO2/c1-6-17-9-8-10-18(7-2)23(17)24-15(3)25(29-5)20(16(4)28-24)14-30-22-13-19(26)11-12-21(22)27/h8-13H,6-7,14H2,1-5H3. The van der Waals surface area contributed by atoms with E-state index in [0.717, 1.165) is 59.1 Å². The smallest absolute Gasteiger partial charge is 0.165 e. The lowest BCUT2D eigenvalue weighted by Crippen LogP contribution is -2.08. The number of methoxy groups -OCH3 is 1. The van der Waals surface area contributed by atoms with Crippen molar-refractivity contribution in [2.75, 3.05) is 7.11 Å². The van der Waals surface area contributed by atoms with Crippen LogP contribution in [0.5, 0.6) is 11.5 Å². The fourth-order valence-electron chi connectivity index (χ4n) is 3.79. The molecule has 0 aliphatic carbocycles. The highest BCUT2D eigenvalue weighted by atomic mass is 19.1. The number of rotatable bonds is 7. The molecule has 0 fully saturated rings. The number of aromatic nitrogens is 1. The molecular weight excluding hydrogens is 384 g/mol. The summed E-state index contributed by atoms with van der Waals surface area (Å²) >= 11 is 0. The van der Waals surface area contributed by atoms with Gasteiger partial charge in [0.2, 0.25) is 0 Å². The fraction of sp³-hybridized carbons (Fsp3) is 0.320. The molecule has 158 valence electrons. The first kappa shape index (κ1) is 21.8. The Kier molecular flexibility index (Phi) is 6.70. The minimum absolute atomic E-state index is 0.0273. The Morgan fingerprint density at radius 2 is 1.63 bits per heavy atom. The van der Waals surface area contributed by atoms with Gasteiger partial charge in [-0.2, -0.15) is 0 Å². The van der Waals surface area contributed by atoms with Crippen LogP contribution in [0.15, 0.2) is 36.4 Å². The summed E-state index contributed by atoms with van der Waals surface area (Å²) in [6, 6.07) is 9.48. The summed E-state index contributed by atoms with van der Waals surface area (Å²) < 4.78 is 38.7. The Bertz CT molecular complexity index is 1040. The van der Waals surface area contributed by atoms with Gasteiger partial charge in [-0.15, -0.1) is 0 Å². The highest BCUT2D eigenvalue weighted by molar-refractivity contribution is 5.73. The molecule has 30 heavy (non-hydrogen) atoms. The van der Waals surface area contributed by atoms with Crippen LogP contribution in [0.1, 0.15) is 41.8 Å². The Hall–Kier alpha value is -2.95. The Morgan fingerprint density at radius 3 is 2.23 bits per heavy atom. The van der Waals surface area contributed by atoms with Crippen molar-refractivity contribution in [3.8, 4) is 22.8 Å². The molecule has 1 aromatic heterocycles. The van der Waals surface area contributed by atoms with Crippen LogP contribution < -0.4 is 9.47 Å². The van der Waals surface area contributed by atoms with Crippen LogP contribution in [-0.4, -0.2) is 12.1 Å². The molecule has 0 bridgehead atoms. The summed E-state index contributed by atoms with van der Waals surface area (Å²) in [5, 5.41) is 0. The van der Waals surface area contributed by atoms with Gasteiger partial charge in [0, 0.05) is 22.9 Å². The Labute approximate surface area is 176 Å². The first-order valence-corrected chi connectivity index (χ1v) is 10.1. The second-order valence-corrected chi connectivity index (χ2v) is 7.20. The molecule has 0 saturated heterocycles. The SMILES string of the molecule is CCc1cccc(CC)c1-c1nc(C)c(COc2cc(F)ccc2F)c(OC)c1C. The predicted molar refractivity (Wildman–Crippen MR) is 115 cm³/mol. The predicted octanol–water partition coefficient (Wildman–Crippen LogP) is 6.36. The third kappa shape index (κ3) is 4.16. The van der Waals surface area contributed by atoms with Gasteiger partial charge in [-0.25, -0.2) is 8.78 Å². The summed E-state index contributed by atoms with van der Waals surface area (Å²) in [6.45, 7) is 8.14. The molecule has 0 saturated carbocycles. The van der Waals surface area contributed by atoms with Crippen LogP contribution in [0.4, 0.5) is 8.78 Å². The maximum Gasteiger partial charge on any atom is 0.165 e. The molecule has 3 aromatic rings. The van der Waals surface area contributed by atoms with Gasteiger partial charge in [0.15, 0.2) is 11.6 Å². The third-order valence-corrected chi connectivity index (χ3v) is 5.39. The van der Waals surface area contributed by atoms with E-state index in [1.54, 1.807) is 7.11 Å². The minimum Gasteiger partial charge on any atom is -0.496 e. The maximum atomic E-state index is 13.9. The van der Waals surface area contributed by atoms with Crippen molar-refractivity contribution < 1.29 is 18.3 Å². The van der Waals surface area contributed by atoms with Crippen molar-refractivity contribution in [2.24, 2.45) is 0 Å². The summed E-state index contributed by atoms with van der Waals surface area (Å²) in [4.78, 5) is 4.89. The van der Waals surface area contributed by atoms with Crippen LogP contribution in [0.2, 0.25) is 0 Å². The number of benzene rings is 2. The van der Waals surface area contributed by atoms with Gasteiger partial charge in [0.25, 0.3) is 0 Å². The Balaban J connectivity index is 2.08. The summed E-state index contributed by atoms with van der Waals surface area (Å²) in [5.41, 5.74) is 6.85. The zero-order chi connectivity index (χ0) is 21.8. The molecule has 0 radical (unpaired) electrons. The molecule has 1 heterocycles. The Morgan fingerprint density at radius 1 is 0.967 bits per heavy atom. The second kappa shape index (κ2) is 9.24. The number of nitrogens with zero attached hydrogens (tertiary/aromatic N) is 1. The number of pyridine rings is 1. The molecule has 0 aliphatic heterocycles. The summed E-state index contributed by atoms with van der Waals surface area (Å²) in [5.74, 6) is -0.646. The highest BCUT2D eigenvalue weighted by Crippen LogP contribution is 2.37. The molecule has 0 atom stereocenters. The van der Waals surface area contributed by atoms with Crippen molar-refractivity contribution in [1.29, 1.82) is 0 Å². The largest absolute Gasteiger partial charge is 0.496 e. The van der Waals surface area contributed by atoms with E-state index in [4.69, 9.17) is 14.5 Å². The lowest BCUT2D eigenvalue weighted by Gasteiger charge is -2.20. The zero-order valence-corrected chi connectivity index (χ0v) is 18.1. The molecule has 0 spiro atoms. The first-order chi connectivity index (χ1) is 14.4. The molecule has 2 aromatic carbocycles. The van der Waals surface area contributed by atoms with Gasteiger partial charge in [0.1, 0.15) is 18.2 Å². The summed E-state index contributed by atoms with van der Waals surface area (Å²) in [6.07, 6.45) is 1.80. The molecular formula is C25H27F2NO2. The van der Waals surface area contributed by atoms with E-state index in [1.165, 1.54) is 11.1 Å². The van der Waals surface area contributed by atoms with E-state index in [-0.39, 0.29) is 12.4 Å². The normalized spacial score (nSPS) is 10.9. The van der Waals surface area contributed by atoms with Crippen molar-refractivity contribution in [2.45, 2.75) is 47.1 Å². The van der Waals surface area contributed by atoms with E-state index in [9.17, 15) is 8.78 Å². The van der Waals surface area contributed by atoms with Crippen LogP contribution in [0.3, 0.4) is 0 Å². The monoisotopic (exact) mass is 411 g/mol. The quantitative estimate of drug-likeness (QED) is 0.454.